The van der Waals surface area contributed by atoms with E-state index >= 15 is 0 Å². The molecular formula is C13H19NO. The molecule has 1 aromatic rings. The van der Waals surface area contributed by atoms with Crippen LogP contribution in [0.5, 0.6) is 0 Å². The van der Waals surface area contributed by atoms with Gasteiger partial charge in [0.05, 0.1) is 6.61 Å². The minimum absolute atomic E-state index is 0.714. The first kappa shape index (κ1) is 10.7. The first-order valence-corrected chi connectivity index (χ1v) is 5.78. The Bertz CT molecular complexity index is 286. The van der Waals surface area contributed by atoms with Gasteiger partial charge in [0, 0.05) is 18.7 Å². The van der Waals surface area contributed by atoms with Gasteiger partial charge in [-0.05, 0) is 18.4 Å². The highest BCUT2D eigenvalue weighted by Gasteiger charge is 2.33. The van der Waals surface area contributed by atoms with Crippen molar-refractivity contribution in [3.63, 3.8) is 0 Å². The van der Waals surface area contributed by atoms with E-state index in [1.165, 1.54) is 12.0 Å². The molecule has 1 fully saturated rings. The topological polar surface area (TPSA) is 31.2 Å². The highest BCUT2D eigenvalue weighted by atomic mass is 16.5. The van der Waals surface area contributed by atoms with Crippen LogP contribution in [0.2, 0.25) is 0 Å². The Balaban J connectivity index is 1.56. The fourth-order valence-electron chi connectivity index (χ4n) is 1.88. The first-order chi connectivity index (χ1) is 7.40. The fourth-order valence-corrected chi connectivity index (χ4v) is 1.88. The molecule has 0 radical (unpaired) electrons. The van der Waals surface area contributed by atoms with Gasteiger partial charge in [-0.2, -0.15) is 0 Å². The lowest BCUT2D eigenvalue weighted by molar-refractivity contribution is 0.118. The maximum absolute atomic E-state index is 5.62. The molecule has 0 aromatic heterocycles. The van der Waals surface area contributed by atoms with E-state index in [0.717, 1.165) is 25.7 Å². The lowest BCUT2D eigenvalue weighted by Crippen LogP contribution is -2.01. The quantitative estimate of drug-likeness (QED) is 0.571. The van der Waals surface area contributed by atoms with Crippen LogP contribution in [-0.2, 0) is 11.3 Å². The number of rotatable bonds is 6. The minimum atomic E-state index is 0.714. The Morgan fingerprint density at radius 3 is 2.67 bits per heavy atom. The number of benzene rings is 1. The van der Waals surface area contributed by atoms with Crippen LogP contribution in [0, 0.1) is 0 Å². The summed E-state index contributed by atoms with van der Waals surface area (Å²) < 4.78 is 5.62. The zero-order chi connectivity index (χ0) is 10.5. The van der Waals surface area contributed by atoms with E-state index in [2.05, 4.69) is 24.4 Å². The van der Waals surface area contributed by atoms with E-state index in [9.17, 15) is 0 Å². The second-order valence-corrected chi connectivity index (χ2v) is 4.11. The van der Waals surface area contributed by atoms with Gasteiger partial charge in [-0.1, -0.05) is 37.3 Å². The maximum Gasteiger partial charge on any atom is 0.0716 e. The summed E-state index contributed by atoms with van der Waals surface area (Å²) >= 11 is 0. The average molecular weight is 205 g/mol. The number of ether oxygens (including phenoxy) is 1. The van der Waals surface area contributed by atoms with Gasteiger partial charge in [-0.15, -0.1) is 0 Å². The Labute approximate surface area is 91.6 Å². The van der Waals surface area contributed by atoms with Crippen LogP contribution in [0.3, 0.4) is 0 Å². The Morgan fingerprint density at radius 1 is 1.20 bits per heavy atom. The molecule has 2 heteroatoms. The van der Waals surface area contributed by atoms with Crippen molar-refractivity contribution in [3.8, 4) is 0 Å². The summed E-state index contributed by atoms with van der Waals surface area (Å²) in [6, 6.07) is 11.8. The van der Waals surface area contributed by atoms with Crippen molar-refractivity contribution in [2.75, 3.05) is 6.61 Å². The zero-order valence-electron chi connectivity index (χ0n) is 9.28. The molecule has 0 amide bonds. The lowest BCUT2D eigenvalue weighted by atomic mass is 10.2. The van der Waals surface area contributed by atoms with Gasteiger partial charge < -0.3 is 10.1 Å². The van der Waals surface area contributed by atoms with Crippen molar-refractivity contribution in [2.45, 2.75) is 38.5 Å². The number of nitrogens with one attached hydrogen (secondary N) is 1. The molecule has 15 heavy (non-hydrogen) atoms. The van der Waals surface area contributed by atoms with Crippen LogP contribution in [0.25, 0.3) is 0 Å². The molecule has 0 spiro atoms. The van der Waals surface area contributed by atoms with Gasteiger partial charge in [0.2, 0.25) is 0 Å². The van der Waals surface area contributed by atoms with E-state index in [1.54, 1.807) is 0 Å². The Kier molecular flexibility index (Phi) is 3.75. The van der Waals surface area contributed by atoms with Gasteiger partial charge in [-0.25, -0.2) is 0 Å². The van der Waals surface area contributed by atoms with Crippen LogP contribution in [0.15, 0.2) is 30.3 Å². The largest absolute Gasteiger partial charge is 0.377 e. The summed E-state index contributed by atoms with van der Waals surface area (Å²) in [4.78, 5) is 0. The molecule has 1 aliphatic rings. The van der Waals surface area contributed by atoms with E-state index < -0.39 is 0 Å². The number of hydrogen-bond acceptors (Lipinski definition) is 2. The van der Waals surface area contributed by atoms with Crippen molar-refractivity contribution in [1.29, 1.82) is 0 Å². The zero-order valence-corrected chi connectivity index (χ0v) is 9.28. The van der Waals surface area contributed by atoms with E-state index in [1.807, 2.05) is 18.2 Å². The third-order valence-corrected chi connectivity index (χ3v) is 2.93. The summed E-state index contributed by atoms with van der Waals surface area (Å²) in [5.74, 6) is 0. The molecule has 1 N–H and O–H groups in total. The molecule has 2 rings (SSSR count). The molecule has 1 heterocycles. The number of hydrogen-bond donors (Lipinski definition) is 1. The van der Waals surface area contributed by atoms with Crippen LogP contribution >= 0.6 is 0 Å². The van der Waals surface area contributed by atoms with Crippen LogP contribution in [0.1, 0.15) is 25.3 Å². The average Bonchev–Trinajstić information content (AvgIpc) is 3.05. The molecule has 1 aliphatic heterocycles. The second-order valence-electron chi connectivity index (χ2n) is 4.11. The van der Waals surface area contributed by atoms with Crippen LogP contribution in [-0.4, -0.2) is 18.7 Å². The molecule has 1 saturated heterocycles. The monoisotopic (exact) mass is 205 g/mol. The molecule has 2 unspecified atom stereocenters. The predicted molar refractivity (Wildman–Crippen MR) is 61.7 cm³/mol. The van der Waals surface area contributed by atoms with Crippen molar-refractivity contribution < 1.29 is 4.74 Å². The van der Waals surface area contributed by atoms with Crippen molar-refractivity contribution in [1.82, 2.24) is 5.32 Å². The van der Waals surface area contributed by atoms with E-state index in [-0.39, 0.29) is 0 Å². The normalized spacial score (nSPS) is 24.1. The SMILES string of the molecule is CCC1NC1CCOCc1ccccc1. The van der Waals surface area contributed by atoms with Gasteiger partial charge in [-0.3, -0.25) is 0 Å². The summed E-state index contributed by atoms with van der Waals surface area (Å²) in [5, 5.41) is 3.44. The van der Waals surface area contributed by atoms with Gasteiger partial charge in [0.15, 0.2) is 0 Å². The van der Waals surface area contributed by atoms with Gasteiger partial charge in [0.1, 0.15) is 0 Å². The molecule has 0 saturated carbocycles. The molecule has 2 nitrogen and oxygen atoms in total. The smallest absolute Gasteiger partial charge is 0.0716 e. The molecule has 1 aromatic carbocycles. The second kappa shape index (κ2) is 5.29. The van der Waals surface area contributed by atoms with Crippen LogP contribution in [0.4, 0.5) is 0 Å². The summed E-state index contributed by atoms with van der Waals surface area (Å²) in [5.41, 5.74) is 1.26. The highest BCUT2D eigenvalue weighted by Crippen LogP contribution is 2.17. The standard InChI is InChI=1S/C13H19NO/c1-2-12-13(14-12)8-9-15-10-11-6-4-3-5-7-11/h3-7,12-14H,2,8-10H2,1H3. The van der Waals surface area contributed by atoms with Crippen molar-refractivity contribution in [3.05, 3.63) is 35.9 Å². The van der Waals surface area contributed by atoms with E-state index in [4.69, 9.17) is 4.74 Å². The van der Waals surface area contributed by atoms with Crippen molar-refractivity contribution in [2.24, 2.45) is 0 Å². The Hall–Kier alpha value is -0.860. The predicted octanol–water partition coefficient (Wildman–Crippen LogP) is 2.34. The summed E-state index contributed by atoms with van der Waals surface area (Å²) in [6.07, 6.45) is 2.38. The molecular weight excluding hydrogens is 186 g/mol. The lowest BCUT2D eigenvalue weighted by Gasteiger charge is -2.03. The minimum Gasteiger partial charge on any atom is -0.377 e. The fraction of sp³-hybridized carbons (Fsp3) is 0.538. The highest BCUT2D eigenvalue weighted by molar-refractivity contribution is 5.13. The molecule has 0 aliphatic carbocycles. The van der Waals surface area contributed by atoms with Gasteiger partial charge in [0.25, 0.3) is 0 Å². The third kappa shape index (κ3) is 3.33. The summed E-state index contributed by atoms with van der Waals surface area (Å²) in [7, 11) is 0. The summed E-state index contributed by atoms with van der Waals surface area (Å²) in [6.45, 7) is 3.83. The maximum atomic E-state index is 5.62. The first-order valence-electron chi connectivity index (χ1n) is 5.78. The van der Waals surface area contributed by atoms with Crippen LogP contribution < -0.4 is 5.32 Å². The Morgan fingerprint density at radius 2 is 2.00 bits per heavy atom. The molecule has 0 bridgehead atoms. The van der Waals surface area contributed by atoms with Gasteiger partial charge >= 0.3 is 0 Å². The van der Waals surface area contributed by atoms with E-state index in [0.29, 0.717) is 6.04 Å². The molecule has 2 atom stereocenters. The third-order valence-electron chi connectivity index (χ3n) is 2.93. The molecule has 82 valence electrons. The van der Waals surface area contributed by atoms with Crippen molar-refractivity contribution >= 4 is 0 Å².